The van der Waals surface area contributed by atoms with E-state index in [1.165, 1.54) is 32.2 Å². The first kappa shape index (κ1) is 7.56. The monoisotopic (exact) mass is 155 g/mol. The molecular weight excluding hydrogens is 138 g/mol. The summed E-state index contributed by atoms with van der Waals surface area (Å²) in [7, 11) is 0. The van der Waals surface area contributed by atoms with Crippen molar-refractivity contribution in [2.75, 3.05) is 13.2 Å². The third kappa shape index (κ3) is 1.30. The van der Waals surface area contributed by atoms with Crippen LogP contribution in [0.2, 0.25) is 0 Å². The van der Waals surface area contributed by atoms with Crippen molar-refractivity contribution in [2.45, 2.75) is 44.2 Å². The Morgan fingerprint density at radius 3 is 2.91 bits per heavy atom. The molecule has 2 fully saturated rings. The highest BCUT2D eigenvalue weighted by molar-refractivity contribution is 4.95. The number of hydrogen-bond donors (Lipinski definition) is 1. The van der Waals surface area contributed by atoms with Gasteiger partial charge in [0.1, 0.15) is 0 Å². The molecular formula is C9H17NO. The average Bonchev–Trinajstić information content (AvgIpc) is 2.55. The predicted molar refractivity (Wildman–Crippen MR) is 44.6 cm³/mol. The van der Waals surface area contributed by atoms with E-state index in [2.05, 4.69) is 12.2 Å². The fraction of sp³-hybridized carbons (Fsp3) is 1.00. The van der Waals surface area contributed by atoms with Gasteiger partial charge in [0, 0.05) is 12.6 Å². The van der Waals surface area contributed by atoms with Gasteiger partial charge in [-0.25, -0.2) is 0 Å². The van der Waals surface area contributed by atoms with E-state index in [0.717, 1.165) is 6.61 Å². The SMILES string of the molecule is CC1(C2CCCN2)CCCO1. The molecule has 0 aromatic heterocycles. The maximum atomic E-state index is 5.76. The lowest BCUT2D eigenvalue weighted by Gasteiger charge is -2.30. The Labute approximate surface area is 68.3 Å². The van der Waals surface area contributed by atoms with Gasteiger partial charge in [-0.05, 0) is 39.2 Å². The molecule has 2 aliphatic rings. The van der Waals surface area contributed by atoms with Crippen molar-refractivity contribution in [1.29, 1.82) is 0 Å². The number of ether oxygens (including phenoxy) is 1. The Morgan fingerprint density at radius 1 is 1.45 bits per heavy atom. The Balaban J connectivity index is 2.00. The van der Waals surface area contributed by atoms with E-state index in [1.54, 1.807) is 0 Å². The molecule has 1 N–H and O–H groups in total. The van der Waals surface area contributed by atoms with Crippen LogP contribution in [0.5, 0.6) is 0 Å². The summed E-state index contributed by atoms with van der Waals surface area (Å²) < 4.78 is 5.76. The molecule has 2 unspecified atom stereocenters. The maximum Gasteiger partial charge on any atom is 0.0807 e. The van der Waals surface area contributed by atoms with Crippen LogP contribution in [0.25, 0.3) is 0 Å². The summed E-state index contributed by atoms with van der Waals surface area (Å²) in [6, 6.07) is 0.630. The van der Waals surface area contributed by atoms with E-state index in [-0.39, 0.29) is 5.60 Å². The van der Waals surface area contributed by atoms with Gasteiger partial charge in [0.15, 0.2) is 0 Å². The zero-order chi connectivity index (χ0) is 7.73. The van der Waals surface area contributed by atoms with E-state index in [4.69, 9.17) is 4.74 Å². The Bertz CT molecular complexity index is 134. The summed E-state index contributed by atoms with van der Waals surface area (Å²) in [6.45, 7) is 4.40. The van der Waals surface area contributed by atoms with Crippen molar-refractivity contribution in [1.82, 2.24) is 5.32 Å². The molecule has 2 heterocycles. The van der Waals surface area contributed by atoms with Crippen LogP contribution in [0.3, 0.4) is 0 Å². The summed E-state index contributed by atoms with van der Waals surface area (Å²) in [5, 5.41) is 3.51. The van der Waals surface area contributed by atoms with Crippen LogP contribution >= 0.6 is 0 Å². The van der Waals surface area contributed by atoms with Crippen molar-refractivity contribution >= 4 is 0 Å². The van der Waals surface area contributed by atoms with Crippen LogP contribution in [0, 0.1) is 0 Å². The van der Waals surface area contributed by atoms with Crippen LogP contribution in [0.1, 0.15) is 32.6 Å². The van der Waals surface area contributed by atoms with Gasteiger partial charge in [-0.15, -0.1) is 0 Å². The Hall–Kier alpha value is -0.0800. The highest BCUT2D eigenvalue weighted by atomic mass is 16.5. The predicted octanol–water partition coefficient (Wildman–Crippen LogP) is 1.31. The molecule has 0 radical (unpaired) electrons. The molecule has 11 heavy (non-hydrogen) atoms. The second-order valence-electron chi connectivity index (χ2n) is 3.91. The van der Waals surface area contributed by atoms with Crippen LogP contribution < -0.4 is 5.32 Å². The van der Waals surface area contributed by atoms with Crippen molar-refractivity contribution in [3.05, 3.63) is 0 Å². The van der Waals surface area contributed by atoms with Gasteiger partial charge >= 0.3 is 0 Å². The minimum absolute atomic E-state index is 0.163. The first-order chi connectivity index (χ1) is 5.31. The molecule has 2 atom stereocenters. The Kier molecular flexibility index (Phi) is 1.90. The van der Waals surface area contributed by atoms with Crippen LogP contribution in [0.4, 0.5) is 0 Å². The molecule has 0 aromatic carbocycles. The van der Waals surface area contributed by atoms with Gasteiger partial charge in [-0.2, -0.15) is 0 Å². The lowest BCUT2D eigenvalue weighted by molar-refractivity contribution is -0.00633. The molecule has 0 aromatic rings. The number of hydrogen-bond acceptors (Lipinski definition) is 2. The molecule has 0 spiro atoms. The quantitative estimate of drug-likeness (QED) is 0.616. The first-order valence-corrected chi connectivity index (χ1v) is 4.69. The molecule has 2 saturated heterocycles. The minimum Gasteiger partial charge on any atom is -0.374 e. The summed E-state index contributed by atoms with van der Waals surface area (Å²) in [6.07, 6.45) is 5.11. The van der Waals surface area contributed by atoms with Gasteiger partial charge in [0.05, 0.1) is 5.60 Å². The summed E-state index contributed by atoms with van der Waals surface area (Å²) in [5.41, 5.74) is 0.163. The van der Waals surface area contributed by atoms with E-state index in [0.29, 0.717) is 6.04 Å². The molecule has 2 heteroatoms. The van der Waals surface area contributed by atoms with Gasteiger partial charge in [0.2, 0.25) is 0 Å². The second kappa shape index (κ2) is 2.76. The standard InChI is InChI=1S/C9H17NO/c1-9(5-3-7-11-9)8-4-2-6-10-8/h8,10H,2-7H2,1H3. The molecule has 2 nitrogen and oxygen atoms in total. The van der Waals surface area contributed by atoms with Gasteiger partial charge in [0.25, 0.3) is 0 Å². The third-order valence-electron chi connectivity index (χ3n) is 3.05. The largest absolute Gasteiger partial charge is 0.374 e. The van der Waals surface area contributed by atoms with Crippen molar-refractivity contribution < 1.29 is 4.74 Å². The van der Waals surface area contributed by atoms with Crippen LogP contribution in [0.15, 0.2) is 0 Å². The number of rotatable bonds is 1. The van der Waals surface area contributed by atoms with Gasteiger partial charge < -0.3 is 10.1 Å². The maximum absolute atomic E-state index is 5.76. The molecule has 2 aliphatic heterocycles. The van der Waals surface area contributed by atoms with E-state index >= 15 is 0 Å². The van der Waals surface area contributed by atoms with Crippen molar-refractivity contribution in [2.24, 2.45) is 0 Å². The fourth-order valence-electron chi connectivity index (χ4n) is 2.28. The highest BCUT2D eigenvalue weighted by Crippen LogP contribution is 2.32. The molecule has 2 rings (SSSR count). The summed E-state index contributed by atoms with van der Waals surface area (Å²) in [4.78, 5) is 0. The van der Waals surface area contributed by atoms with Crippen LogP contribution in [-0.4, -0.2) is 24.8 Å². The van der Waals surface area contributed by atoms with Gasteiger partial charge in [-0.3, -0.25) is 0 Å². The molecule has 64 valence electrons. The van der Waals surface area contributed by atoms with E-state index in [9.17, 15) is 0 Å². The van der Waals surface area contributed by atoms with E-state index in [1.807, 2.05) is 0 Å². The molecule has 0 bridgehead atoms. The third-order valence-corrected chi connectivity index (χ3v) is 3.05. The average molecular weight is 155 g/mol. The zero-order valence-electron chi connectivity index (χ0n) is 7.23. The smallest absolute Gasteiger partial charge is 0.0807 e. The topological polar surface area (TPSA) is 21.3 Å². The summed E-state index contributed by atoms with van der Waals surface area (Å²) in [5.74, 6) is 0. The molecule has 0 amide bonds. The highest BCUT2D eigenvalue weighted by Gasteiger charge is 2.39. The lowest BCUT2D eigenvalue weighted by Crippen LogP contribution is -2.44. The first-order valence-electron chi connectivity index (χ1n) is 4.69. The fourth-order valence-corrected chi connectivity index (χ4v) is 2.28. The zero-order valence-corrected chi connectivity index (χ0v) is 7.23. The normalized spacial score (nSPS) is 45.0. The lowest BCUT2D eigenvalue weighted by atomic mass is 9.92. The summed E-state index contributed by atoms with van der Waals surface area (Å²) >= 11 is 0. The van der Waals surface area contributed by atoms with Crippen molar-refractivity contribution in [3.63, 3.8) is 0 Å². The van der Waals surface area contributed by atoms with Gasteiger partial charge in [-0.1, -0.05) is 0 Å². The number of nitrogens with one attached hydrogen (secondary N) is 1. The van der Waals surface area contributed by atoms with Crippen LogP contribution in [-0.2, 0) is 4.74 Å². The van der Waals surface area contributed by atoms with Crippen molar-refractivity contribution in [3.8, 4) is 0 Å². The minimum atomic E-state index is 0.163. The molecule has 0 aliphatic carbocycles. The van der Waals surface area contributed by atoms with E-state index < -0.39 is 0 Å². The second-order valence-corrected chi connectivity index (χ2v) is 3.91. The molecule has 0 saturated carbocycles. The Morgan fingerprint density at radius 2 is 2.36 bits per heavy atom.